The molecule has 1 aliphatic rings. The van der Waals surface area contributed by atoms with Crippen molar-refractivity contribution in [1.82, 2.24) is 9.62 Å². The minimum atomic E-state index is -3.00. The number of likely N-dealkylation sites (N-methyl/N-ethyl adjacent to an activating group) is 1. The van der Waals surface area contributed by atoms with Crippen LogP contribution in [0.25, 0.3) is 0 Å². The summed E-state index contributed by atoms with van der Waals surface area (Å²) in [6, 6.07) is 0. The van der Waals surface area contributed by atoms with E-state index in [2.05, 4.69) is 5.32 Å². The highest BCUT2D eigenvalue weighted by atomic mass is 32.2. The van der Waals surface area contributed by atoms with Crippen LogP contribution in [0.5, 0.6) is 0 Å². The molecule has 0 amide bonds. The van der Waals surface area contributed by atoms with Crippen molar-refractivity contribution in [3.8, 4) is 0 Å². The van der Waals surface area contributed by atoms with Gasteiger partial charge in [0.05, 0.1) is 5.75 Å². The Morgan fingerprint density at radius 3 is 2.62 bits per heavy atom. The van der Waals surface area contributed by atoms with Gasteiger partial charge in [0, 0.05) is 19.1 Å². The first-order valence-corrected chi connectivity index (χ1v) is 6.13. The minimum Gasteiger partial charge on any atom is -0.310 e. The standard InChI is InChI=1S/C8H18N2O2S/c1-8(2)7-10(3)13(11,12)6-4-5-9-8/h9H,4-7H2,1-3H3. The molecule has 1 aliphatic heterocycles. The Labute approximate surface area is 80.4 Å². The van der Waals surface area contributed by atoms with Gasteiger partial charge in [-0.05, 0) is 26.8 Å². The lowest BCUT2D eigenvalue weighted by atomic mass is 10.1. The number of rotatable bonds is 0. The van der Waals surface area contributed by atoms with Gasteiger partial charge in [-0.3, -0.25) is 0 Å². The first-order chi connectivity index (χ1) is 5.83. The van der Waals surface area contributed by atoms with Crippen LogP contribution in [-0.4, -0.2) is 44.2 Å². The molecular formula is C8H18N2O2S. The predicted octanol–water partition coefficient (Wildman–Crippen LogP) is 0.0199. The van der Waals surface area contributed by atoms with E-state index in [9.17, 15) is 8.42 Å². The molecule has 1 N–H and O–H groups in total. The average Bonchev–Trinajstić information content (AvgIpc) is 1.96. The van der Waals surface area contributed by atoms with Gasteiger partial charge in [0.15, 0.2) is 0 Å². The highest BCUT2D eigenvalue weighted by Crippen LogP contribution is 2.11. The summed E-state index contributed by atoms with van der Waals surface area (Å²) in [4.78, 5) is 0. The summed E-state index contributed by atoms with van der Waals surface area (Å²) in [7, 11) is -1.36. The highest BCUT2D eigenvalue weighted by molar-refractivity contribution is 7.89. The van der Waals surface area contributed by atoms with Gasteiger partial charge in [-0.2, -0.15) is 0 Å². The molecular weight excluding hydrogens is 188 g/mol. The smallest absolute Gasteiger partial charge is 0.213 e. The molecule has 0 aromatic heterocycles. The molecule has 0 aliphatic carbocycles. The molecule has 13 heavy (non-hydrogen) atoms. The van der Waals surface area contributed by atoms with Crippen molar-refractivity contribution in [3.63, 3.8) is 0 Å². The van der Waals surface area contributed by atoms with Gasteiger partial charge in [0.25, 0.3) is 0 Å². The number of nitrogens with one attached hydrogen (secondary N) is 1. The Morgan fingerprint density at radius 1 is 1.38 bits per heavy atom. The Bertz CT molecular complexity index is 272. The fourth-order valence-corrected chi connectivity index (χ4v) is 2.89. The predicted molar refractivity (Wildman–Crippen MR) is 53.1 cm³/mol. The number of hydrogen-bond acceptors (Lipinski definition) is 3. The third-order valence-electron chi connectivity index (χ3n) is 2.28. The van der Waals surface area contributed by atoms with Crippen molar-refractivity contribution in [1.29, 1.82) is 0 Å². The summed E-state index contributed by atoms with van der Waals surface area (Å²) < 4.78 is 24.5. The monoisotopic (exact) mass is 206 g/mol. The lowest BCUT2D eigenvalue weighted by Gasteiger charge is -2.33. The molecule has 0 aromatic carbocycles. The second kappa shape index (κ2) is 3.55. The van der Waals surface area contributed by atoms with E-state index in [1.165, 1.54) is 4.31 Å². The Hall–Kier alpha value is -0.130. The minimum absolute atomic E-state index is 0.123. The third-order valence-corrected chi connectivity index (χ3v) is 4.16. The summed E-state index contributed by atoms with van der Waals surface area (Å²) in [6.45, 7) is 5.35. The zero-order valence-corrected chi connectivity index (χ0v) is 9.32. The quantitative estimate of drug-likeness (QED) is 0.608. The van der Waals surface area contributed by atoms with Crippen molar-refractivity contribution < 1.29 is 8.42 Å². The van der Waals surface area contributed by atoms with E-state index in [0.717, 1.165) is 6.54 Å². The van der Waals surface area contributed by atoms with Gasteiger partial charge in [0.2, 0.25) is 10.0 Å². The molecule has 0 bridgehead atoms. The maximum Gasteiger partial charge on any atom is 0.213 e. The van der Waals surface area contributed by atoms with Crippen LogP contribution >= 0.6 is 0 Å². The molecule has 1 fully saturated rings. The molecule has 1 saturated heterocycles. The Balaban J connectivity index is 2.79. The van der Waals surface area contributed by atoms with Crippen molar-refractivity contribution in [2.75, 3.05) is 25.9 Å². The zero-order chi connectivity index (χ0) is 10.1. The van der Waals surface area contributed by atoms with E-state index in [1.54, 1.807) is 7.05 Å². The van der Waals surface area contributed by atoms with Crippen LogP contribution in [0.3, 0.4) is 0 Å². The van der Waals surface area contributed by atoms with E-state index in [0.29, 0.717) is 13.0 Å². The fourth-order valence-electron chi connectivity index (χ4n) is 1.55. The van der Waals surface area contributed by atoms with E-state index < -0.39 is 10.0 Å². The zero-order valence-electron chi connectivity index (χ0n) is 8.50. The van der Waals surface area contributed by atoms with Crippen LogP contribution in [0.1, 0.15) is 20.3 Å². The van der Waals surface area contributed by atoms with Gasteiger partial charge in [-0.25, -0.2) is 12.7 Å². The first kappa shape index (κ1) is 10.9. The topological polar surface area (TPSA) is 49.4 Å². The summed E-state index contributed by atoms with van der Waals surface area (Å²) >= 11 is 0. The molecule has 0 unspecified atom stereocenters. The van der Waals surface area contributed by atoms with Crippen molar-refractivity contribution in [2.24, 2.45) is 0 Å². The van der Waals surface area contributed by atoms with Crippen LogP contribution in [0.2, 0.25) is 0 Å². The Morgan fingerprint density at radius 2 is 2.00 bits per heavy atom. The van der Waals surface area contributed by atoms with Crippen LogP contribution in [0.4, 0.5) is 0 Å². The van der Waals surface area contributed by atoms with Gasteiger partial charge in [-0.15, -0.1) is 0 Å². The Kier molecular flexibility index (Phi) is 2.99. The van der Waals surface area contributed by atoms with Crippen LogP contribution in [0.15, 0.2) is 0 Å². The molecule has 1 heterocycles. The fraction of sp³-hybridized carbons (Fsp3) is 1.00. The number of sulfonamides is 1. The van der Waals surface area contributed by atoms with Crippen LogP contribution in [-0.2, 0) is 10.0 Å². The summed E-state index contributed by atoms with van der Waals surface area (Å²) in [5, 5.41) is 3.32. The molecule has 0 spiro atoms. The summed E-state index contributed by atoms with van der Waals surface area (Å²) in [5.41, 5.74) is -0.123. The van der Waals surface area contributed by atoms with E-state index in [4.69, 9.17) is 0 Å². The van der Waals surface area contributed by atoms with Crippen molar-refractivity contribution in [2.45, 2.75) is 25.8 Å². The van der Waals surface area contributed by atoms with E-state index >= 15 is 0 Å². The second-order valence-corrected chi connectivity index (χ2v) is 6.43. The molecule has 0 radical (unpaired) electrons. The van der Waals surface area contributed by atoms with Crippen molar-refractivity contribution >= 4 is 10.0 Å². The molecule has 4 nitrogen and oxygen atoms in total. The summed E-state index contributed by atoms with van der Waals surface area (Å²) in [5.74, 6) is 0.257. The average molecular weight is 206 g/mol. The number of nitrogens with zero attached hydrogens (tertiary/aromatic N) is 1. The molecule has 0 atom stereocenters. The van der Waals surface area contributed by atoms with Crippen LogP contribution < -0.4 is 5.32 Å². The van der Waals surface area contributed by atoms with E-state index in [-0.39, 0.29) is 11.3 Å². The second-order valence-electron chi connectivity index (χ2n) is 4.24. The van der Waals surface area contributed by atoms with E-state index in [1.807, 2.05) is 13.8 Å². The summed E-state index contributed by atoms with van der Waals surface area (Å²) in [6.07, 6.45) is 0.691. The molecule has 1 rings (SSSR count). The van der Waals surface area contributed by atoms with Gasteiger partial charge in [-0.1, -0.05) is 0 Å². The van der Waals surface area contributed by atoms with Gasteiger partial charge >= 0.3 is 0 Å². The maximum absolute atomic E-state index is 11.5. The van der Waals surface area contributed by atoms with Crippen molar-refractivity contribution in [3.05, 3.63) is 0 Å². The molecule has 5 heteroatoms. The first-order valence-electron chi connectivity index (χ1n) is 4.53. The van der Waals surface area contributed by atoms with Crippen LogP contribution in [0, 0.1) is 0 Å². The highest BCUT2D eigenvalue weighted by Gasteiger charge is 2.28. The largest absolute Gasteiger partial charge is 0.310 e. The molecule has 78 valence electrons. The van der Waals surface area contributed by atoms with Gasteiger partial charge < -0.3 is 5.32 Å². The maximum atomic E-state index is 11.5. The number of hydrogen-bond donors (Lipinski definition) is 1. The van der Waals surface area contributed by atoms with Gasteiger partial charge in [0.1, 0.15) is 0 Å². The lowest BCUT2D eigenvalue weighted by molar-refractivity contribution is 0.302. The SMILES string of the molecule is CN1CC(C)(C)NCCCS1(=O)=O. The third kappa shape index (κ3) is 2.93. The lowest BCUT2D eigenvalue weighted by Crippen LogP contribution is -2.52. The molecule has 0 saturated carbocycles. The molecule has 0 aromatic rings. The normalized spacial score (nSPS) is 29.2.